The van der Waals surface area contributed by atoms with Gasteiger partial charge in [0, 0.05) is 6.04 Å². The molecule has 0 aromatic heterocycles. The molecule has 2 aliphatic carbocycles. The molecule has 1 nitrogen and oxygen atoms in total. The van der Waals surface area contributed by atoms with Gasteiger partial charge >= 0.3 is 0 Å². The van der Waals surface area contributed by atoms with Crippen molar-refractivity contribution < 1.29 is 0 Å². The molecular weight excluding hydrogens is 170 g/mol. The van der Waals surface area contributed by atoms with Crippen molar-refractivity contribution in [1.29, 1.82) is 0 Å². The molecule has 14 heavy (non-hydrogen) atoms. The molecule has 0 aromatic rings. The molecule has 0 bridgehead atoms. The lowest BCUT2D eigenvalue weighted by molar-refractivity contribution is 0.267. The maximum atomic E-state index is 3.80. The molecule has 0 amide bonds. The van der Waals surface area contributed by atoms with E-state index in [-0.39, 0.29) is 0 Å². The molecule has 2 rings (SSSR count). The third-order valence-electron chi connectivity index (χ3n) is 4.64. The standard InChI is InChI=1S/C13H25N/c1-3-12-7-8-13(10(12)2)14-9-11-5-4-6-11/h10-14H,3-9H2,1-2H3. The topological polar surface area (TPSA) is 12.0 Å². The van der Waals surface area contributed by atoms with E-state index < -0.39 is 0 Å². The van der Waals surface area contributed by atoms with Crippen LogP contribution in [0.2, 0.25) is 0 Å². The summed E-state index contributed by atoms with van der Waals surface area (Å²) in [5.41, 5.74) is 0. The second kappa shape index (κ2) is 4.65. The maximum absolute atomic E-state index is 3.80. The van der Waals surface area contributed by atoms with E-state index in [0.717, 1.165) is 23.8 Å². The molecule has 2 aliphatic rings. The van der Waals surface area contributed by atoms with Gasteiger partial charge in [0.25, 0.3) is 0 Å². The minimum Gasteiger partial charge on any atom is -0.313 e. The Labute approximate surface area is 88.7 Å². The van der Waals surface area contributed by atoms with Crippen molar-refractivity contribution in [1.82, 2.24) is 5.32 Å². The maximum Gasteiger partial charge on any atom is 0.00955 e. The smallest absolute Gasteiger partial charge is 0.00955 e. The van der Waals surface area contributed by atoms with Crippen LogP contribution in [0, 0.1) is 17.8 Å². The van der Waals surface area contributed by atoms with E-state index in [1.54, 1.807) is 0 Å². The first-order valence-corrected chi connectivity index (χ1v) is 6.54. The Morgan fingerprint density at radius 1 is 1.14 bits per heavy atom. The van der Waals surface area contributed by atoms with Crippen LogP contribution < -0.4 is 5.32 Å². The minimum absolute atomic E-state index is 0.834. The van der Waals surface area contributed by atoms with Crippen molar-refractivity contribution >= 4 is 0 Å². The van der Waals surface area contributed by atoms with Crippen LogP contribution in [0.4, 0.5) is 0 Å². The van der Waals surface area contributed by atoms with Crippen LogP contribution in [0.3, 0.4) is 0 Å². The second-order valence-corrected chi connectivity index (χ2v) is 5.42. The lowest BCUT2D eigenvalue weighted by Crippen LogP contribution is -2.37. The zero-order valence-corrected chi connectivity index (χ0v) is 9.76. The van der Waals surface area contributed by atoms with Gasteiger partial charge in [-0.3, -0.25) is 0 Å². The van der Waals surface area contributed by atoms with Gasteiger partial charge in [0.1, 0.15) is 0 Å². The number of hydrogen-bond donors (Lipinski definition) is 1. The van der Waals surface area contributed by atoms with Crippen LogP contribution in [0.5, 0.6) is 0 Å². The third kappa shape index (κ3) is 2.13. The van der Waals surface area contributed by atoms with Gasteiger partial charge in [0.05, 0.1) is 0 Å². The molecule has 2 fully saturated rings. The van der Waals surface area contributed by atoms with Crippen LogP contribution in [-0.4, -0.2) is 12.6 Å². The van der Waals surface area contributed by atoms with Crippen LogP contribution in [0.1, 0.15) is 52.4 Å². The van der Waals surface area contributed by atoms with Crippen LogP contribution >= 0.6 is 0 Å². The Hall–Kier alpha value is -0.0400. The van der Waals surface area contributed by atoms with Crippen molar-refractivity contribution in [3.8, 4) is 0 Å². The van der Waals surface area contributed by atoms with Gasteiger partial charge < -0.3 is 5.32 Å². The summed E-state index contributed by atoms with van der Waals surface area (Å²) in [6, 6.07) is 0.834. The number of rotatable bonds is 4. The third-order valence-corrected chi connectivity index (χ3v) is 4.64. The van der Waals surface area contributed by atoms with E-state index in [1.807, 2.05) is 0 Å². The Kier molecular flexibility index (Phi) is 3.48. The van der Waals surface area contributed by atoms with Gasteiger partial charge in [-0.15, -0.1) is 0 Å². The van der Waals surface area contributed by atoms with Crippen LogP contribution in [0.15, 0.2) is 0 Å². The SMILES string of the molecule is CCC1CCC(NCC2CCC2)C1C. The zero-order valence-electron chi connectivity index (χ0n) is 9.76. The van der Waals surface area contributed by atoms with E-state index in [4.69, 9.17) is 0 Å². The molecule has 3 unspecified atom stereocenters. The molecule has 0 spiro atoms. The fourth-order valence-corrected chi connectivity index (χ4v) is 3.13. The molecule has 0 aliphatic heterocycles. The van der Waals surface area contributed by atoms with Crippen molar-refractivity contribution in [2.24, 2.45) is 17.8 Å². The monoisotopic (exact) mass is 195 g/mol. The fraction of sp³-hybridized carbons (Fsp3) is 1.00. The Morgan fingerprint density at radius 3 is 2.43 bits per heavy atom. The summed E-state index contributed by atoms with van der Waals surface area (Å²) in [5.74, 6) is 2.93. The summed E-state index contributed by atoms with van der Waals surface area (Å²) in [6.45, 7) is 6.08. The van der Waals surface area contributed by atoms with Crippen molar-refractivity contribution in [3.63, 3.8) is 0 Å². The second-order valence-electron chi connectivity index (χ2n) is 5.42. The first kappa shape index (κ1) is 10.5. The zero-order chi connectivity index (χ0) is 9.97. The summed E-state index contributed by atoms with van der Waals surface area (Å²) in [5, 5.41) is 3.80. The molecule has 1 N–H and O–H groups in total. The summed E-state index contributed by atoms with van der Waals surface area (Å²) in [6.07, 6.45) is 8.69. The highest BCUT2D eigenvalue weighted by atomic mass is 14.9. The van der Waals surface area contributed by atoms with Gasteiger partial charge in [-0.1, -0.05) is 26.7 Å². The quantitative estimate of drug-likeness (QED) is 0.726. The highest BCUT2D eigenvalue weighted by Gasteiger charge is 2.31. The van der Waals surface area contributed by atoms with E-state index in [2.05, 4.69) is 19.2 Å². The molecule has 2 saturated carbocycles. The Balaban J connectivity index is 1.70. The van der Waals surface area contributed by atoms with Crippen LogP contribution in [0.25, 0.3) is 0 Å². The highest BCUT2D eigenvalue weighted by Crippen LogP contribution is 2.34. The molecule has 82 valence electrons. The van der Waals surface area contributed by atoms with Crippen molar-refractivity contribution in [2.45, 2.75) is 58.4 Å². The average Bonchev–Trinajstić information content (AvgIpc) is 2.45. The molecule has 3 atom stereocenters. The van der Waals surface area contributed by atoms with Gasteiger partial charge in [-0.2, -0.15) is 0 Å². The highest BCUT2D eigenvalue weighted by molar-refractivity contribution is 4.87. The summed E-state index contributed by atoms with van der Waals surface area (Å²) >= 11 is 0. The predicted octanol–water partition coefficient (Wildman–Crippen LogP) is 3.20. The number of hydrogen-bond acceptors (Lipinski definition) is 1. The van der Waals surface area contributed by atoms with Gasteiger partial charge in [0.15, 0.2) is 0 Å². The fourth-order valence-electron chi connectivity index (χ4n) is 3.13. The first-order valence-electron chi connectivity index (χ1n) is 6.54. The van der Waals surface area contributed by atoms with Gasteiger partial charge in [0.2, 0.25) is 0 Å². The Morgan fingerprint density at radius 2 is 1.93 bits per heavy atom. The average molecular weight is 195 g/mol. The lowest BCUT2D eigenvalue weighted by Gasteiger charge is -2.29. The normalized spacial score (nSPS) is 38.6. The van der Waals surface area contributed by atoms with Gasteiger partial charge in [-0.25, -0.2) is 0 Å². The molecular formula is C13H25N. The summed E-state index contributed by atoms with van der Waals surface area (Å²) in [7, 11) is 0. The minimum atomic E-state index is 0.834. The van der Waals surface area contributed by atoms with E-state index in [9.17, 15) is 0 Å². The van der Waals surface area contributed by atoms with Crippen molar-refractivity contribution in [3.05, 3.63) is 0 Å². The molecule has 1 heteroatoms. The van der Waals surface area contributed by atoms with E-state index in [1.165, 1.54) is 45.1 Å². The molecule has 0 saturated heterocycles. The van der Waals surface area contributed by atoms with E-state index >= 15 is 0 Å². The first-order chi connectivity index (χ1) is 6.81. The lowest BCUT2D eigenvalue weighted by atomic mass is 9.85. The molecule has 0 radical (unpaired) electrons. The number of nitrogens with one attached hydrogen (secondary N) is 1. The molecule has 0 aromatic carbocycles. The van der Waals surface area contributed by atoms with Crippen molar-refractivity contribution in [2.75, 3.05) is 6.54 Å². The van der Waals surface area contributed by atoms with E-state index in [0.29, 0.717) is 0 Å². The summed E-state index contributed by atoms with van der Waals surface area (Å²) in [4.78, 5) is 0. The summed E-state index contributed by atoms with van der Waals surface area (Å²) < 4.78 is 0. The van der Waals surface area contributed by atoms with Gasteiger partial charge in [-0.05, 0) is 50.0 Å². The predicted molar refractivity (Wildman–Crippen MR) is 61.3 cm³/mol. The van der Waals surface area contributed by atoms with Crippen LogP contribution in [-0.2, 0) is 0 Å². The molecule has 0 heterocycles. The largest absolute Gasteiger partial charge is 0.313 e. The Bertz CT molecular complexity index is 174.